The van der Waals surface area contributed by atoms with E-state index < -0.39 is 11.8 Å². The highest BCUT2D eigenvalue weighted by Crippen LogP contribution is 2.15. The molecule has 0 aliphatic heterocycles. The fourth-order valence-corrected chi connectivity index (χ4v) is 1.06. The Morgan fingerprint density at radius 1 is 1.50 bits per heavy atom. The third kappa shape index (κ3) is 2.17. The predicted molar refractivity (Wildman–Crippen MR) is 49.5 cm³/mol. The summed E-state index contributed by atoms with van der Waals surface area (Å²) in [5.41, 5.74) is -0.135. The topological polar surface area (TPSA) is 57.5 Å². The number of hydrogen-bond acceptors (Lipinski definition) is 2. The summed E-state index contributed by atoms with van der Waals surface area (Å²) in [6.07, 6.45) is 2.53. The number of carbonyl (C=O) groups is 1. The normalized spacial score (nSPS) is 10.7. The molecule has 0 aromatic heterocycles. The fraction of sp³-hybridized carbons (Fsp3) is 0.100. The van der Waals surface area contributed by atoms with E-state index in [2.05, 4.69) is 0 Å². The van der Waals surface area contributed by atoms with Crippen molar-refractivity contribution in [3.8, 4) is 0 Å². The molecule has 4 heteroatoms. The highest BCUT2D eigenvalue weighted by molar-refractivity contribution is 5.92. The number of halogens is 1. The van der Waals surface area contributed by atoms with Gasteiger partial charge in [0.2, 0.25) is 0 Å². The third-order valence-electron chi connectivity index (χ3n) is 1.67. The molecule has 0 radical (unpaired) electrons. The molecule has 0 aliphatic rings. The molecule has 0 saturated carbocycles. The molecule has 2 N–H and O–H groups in total. The van der Waals surface area contributed by atoms with Crippen molar-refractivity contribution in [3.63, 3.8) is 0 Å². The van der Waals surface area contributed by atoms with Gasteiger partial charge in [0.1, 0.15) is 5.82 Å². The second-order valence-electron chi connectivity index (χ2n) is 2.59. The number of aromatic carboxylic acids is 1. The maximum Gasteiger partial charge on any atom is 0.336 e. The van der Waals surface area contributed by atoms with Crippen LogP contribution < -0.4 is 0 Å². The van der Waals surface area contributed by atoms with Gasteiger partial charge in [-0.1, -0.05) is 18.2 Å². The minimum atomic E-state index is -1.19. The van der Waals surface area contributed by atoms with Crippen LogP contribution in [0.15, 0.2) is 24.3 Å². The van der Waals surface area contributed by atoms with Gasteiger partial charge in [0, 0.05) is 5.56 Å². The van der Waals surface area contributed by atoms with Gasteiger partial charge in [0.25, 0.3) is 0 Å². The SMILES string of the molecule is O=C(O)c1cccc(F)c1C=CCO. The zero-order valence-corrected chi connectivity index (χ0v) is 7.27. The van der Waals surface area contributed by atoms with E-state index in [0.717, 1.165) is 0 Å². The molecule has 0 amide bonds. The van der Waals surface area contributed by atoms with E-state index in [1.807, 2.05) is 0 Å². The van der Waals surface area contributed by atoms with Gasteiger partial charge in [-0.15, -0.1) is 0 Å². The molecule has 0 aliphatic carbocycles. The number of carboxylic acid groups (broad SMARTS) is 1. The minimum absolute atomic E-state index is 0.0194. The van der Waals surface area contributed by atoms with Gasteiger partial charge in [0.15, 0.2) is 0 Å². The largest absolute Gasteiger partial charge is 0.478 e. The van der Waals surface area contributed by atoms with E-state index in [-0.39, 0.29) is 17.7 Å². The van der Waals surface area contributed by atoms with E-state index >= 15 is 0 Å². The summed E-state index contributed by atoms with van der Waals surface area (Å²) in [5, 5.41) is 17.2. The number of aliphatic hydroxyl groups excluding tert-OH is 1. The van der Waals surface area contributed by atoms with Crippen molar-refractivity contribution in [2.75, 3.05) is 6.61 Å². The van der Waals surface area contributed by atoms with E-state index in [4.69, 9.17) is 10.2 Å². The van der Waals surface area contributed by atoms with E-state index in [0.29, 0.717) is 0 Å². The van der Waals surface area contributed by atoms with Crippen molar-refractivity contribution in [1.29, 1.82) is 0 Å². The van der Waals surface area contributed by atoms with Crippen LogP contribution in [-0.2, 0) is 0 Å². The van der Waals surface area contributed by atoms with Crippen LogP contribution in [0.3, 0.4) is 0 Å². The molecule has 74 valence electrons. The van der Waals surface area contributed by atoms with Crippen molar-refractivity contribution >= 4 is 12.0 Å². The first-order valence-corrected chi connectivity index (χ1v) is 3.96. The first-order chi connectivity index (χ1) is 6.66. The van der Waals surface area contributed by atoms with Crippen LogP contribution in [-0.4, -0.2) is 22.8 Å². The number of hydrogen-bond donors (Lipinski definition) is 2. The van der Waals surface area contributed by atoms with Crippen LogP contribution in [0.2, 0.25) is 0 Å². The molecule has 0 saturated heterocycles. The Bertz CT molecular complexity index is 372. The summed E-state index contributed by atoms with van der Waals surface area (Å²) < 4.78 is 13.1. The van der Waals surface area contributed by atoms with Gasteiger partial charge in [0.05, 0.1) is 12.2 Å². The Labute approximate surface area is 80.1 Å². The molecule has 14 heavy (non-hydrogen) atoms. The second-order valence-corrected chi connectivity index (χ2v) is 2.59. The molecule has 3 nitrogen and oxygen atoms in total. The number of rotatable bonds is 3. The van der Waals surface area contributed by atoms with E-state index in [1.54, 1.807) is 0 Å². The van der Waals surface area contributed by atoms with Crippen LogP contribution in [0.5, 0.6) is 0 Å². The van der Waals surface area contributed by atoms with Crippen LogP contribution in [0, 0.1) is 5.82 Å². The summed E-state index contributed by atoms with van der Waals surface area (Å²) in [4.78, 5) is 10.7. The lowest BCUT2D eigenvalue weighted by Gasteiger charge is -2.01. The molecular weight excluding hydrogens is 187 g/mol. The summed E-state index contributed by atoms with van der Waals surface area (Å²) in [6.45, 7) is -0.257. The molecule has 0 fully saturated rings. The Kier molecular flexibility index (Phi) is 3.36. The zero-order valence-electron chi connectivity index (χ0n) is 7.27. The lowest BCUT2D eigenvalue weighted by Crippen LogP contribution is -2.01. The molecule has 1 aromatic rings. The minimum Gasteiger partial charge on any atom is -0.478 e. The molecule has 1 rings (SSSR count). The van der Waals surface area contributed by atoms with E-state index in [9.17, 15) is 9.18 Å². The molecular formula is C10H9FO3. The summed E-state index contributed by atoms with van der Waals surface area (Å²) >= 11 is 0. The van der Waals surface area contributed by atoms with Gasteiger partial charge in [-0.3, -0.25) is 0 Å². The first kappa shape index (κ1) is 10.4. The molecule has 0 unspecified atom stereocenters. The van der Waals surface area contributed by atoms with E-state index in [1.165, 1.54) is 30.4 Å². The Morgan fingerprint density at radius 3 is 2.79 bits per heavy atom. The Hall–Kier alpha value is -1.68. The Morgan fingerprint density at radius 2 is 2.21 bits per heavy atom. The third-order valence-corrected chi connectivity index (χ3v) is 1.67. The average molecular weight is 196 g/mol. The van der Waals surface area contributed by atoms with Crippen molar-refractivity contribution in [1.82, 2.24) is 0 Å². The molecule has 0 bridgehead atoms. The number of aliphatic hydroxyl groups is 1. The lowest BCUT2D eigenvalue weighted by atomic mass is 10.1. The fourth-order valence-electron chi connectivity index (χ4n) is 1.06. The summed E-state index contributed by atoms with van der Waals surface area (Å²) in [5.74, 6) is -1.81. The highest BCUT2D eigenvalue weighted by atomic mass is 19.1. The molecule has 1 aromatic carbocycles. The summed E-state index contributed by atoms with van der Waals surface area (Å²) in [7, 11) is 0. The lowest BCUT2D eigenvalue weighted by molar-refractivity contribution is 0.0696. The van der Waals surface area contributed by atoms with Crippen LogP contribution >= 0.6 is 0 Å². The summed E-state index contributed by atoms with van der Waals surface area (Å²) in [6, 6.07) is 3.81. The van der Waals surface area contributed by atoms with Crippen LogP contribution in [0.4, 0.5) is 4.39 Å². The number of benzene rings is 1. The van der Waals surface area contributed by atoms with Gasteiger partial charge in [-0.2, -0.15) is 0 Å². The van der Waals surface area contributed by atoms with Gasteiger partial charge in [-0.25, -0.2) is 9.18 Å². The quantitative estimate of drug-likeness (QED) is 0.770. The van der Waals surface area contributed by atoms with Crippen LogP contribution in [0.1, 0.15) is 15.9 Å². The van der Waals surface area contributed by atoms with Gasteiger partial charge >= 0.3 is 5.97 Å². The first-order valence-electron chi connectivity index (χ1n) is 3.96. The maximum absolute atomic E-state index is 13.1. The highest BCUT2D eigenvalue weighted by Gasteiger charge is 2.10. The van der Waals surface area contributed by atoms with Crippen molar-refractivity contribution in [2.24, 2.45) is 0 Å². The van der Waals surface area contributed by atoms with Gasteiger partial charge < -0.3 is 10.2 Å². The molecule has 0 atom stereocenters. The zero-order chi connectivity index (χ0) is 10.6. The van der Waals surface area contributed by atoms with Crippen molar-refractivity contribution in [3.05, 3.63) is 41.2 Å². The average Bonchev–Trinajstić information content (AvgIpc) is 2.15. The second kappa shape index (κ2) is 4.53. The van der Waals surface area contributed by atoms with Crippen molar-refractivity contribution < 1.29 is 19.4 Å². The van der Waals surface area contributed by atoms with Crippen molar-refractivity contribution in [2.45, 2.75) is 0 Å². The smallest absolute Gasteiger partial charge is 0.336 e. The van der Waals surface area contributed by atoms with Gasteiger partial charge in [-0.05, 0) is 12.1 Å². The Balaban J connectivity index is 3.22. The maximum atomic E-state index is 13.1. The predicted octanol–water partition coefficient (Wildman–Crippen LogP) is 1.53. The van der Waals surface area contributed by atoms with Crippen LogP contribution in [0.25, 0.3) is 6.08 Å². The molecule has 0 heterocycles. The standard InChI is InChI=1S/C10H9FO3/c11-9-5-1-3-8(10(13)14)7(9)4-2-6-12/h1-5,12H,6H2,(H,13,14). The molecule has 0 spiro atoms. The number of carboxylic acids is 1. The monoisotopic (exact) mass is 196 g/mol.